The van der Waals surface area contributed by atoms with E-state index in [1.807, 2.05) is 12.1 Å². The van der Waals surface area contributed by atoms with E-state index in [4.69, 9.17) is 11.6 Å². The first kappa shape index (κ1) is 18.6. The standard InChI is InChI=1S/C18H17ClFNO2S.ClH/c19-13-5-6-16-12(10-13)4-7-17-18(16,8-9-21-17)24(22,23)15-3-1-2-14(20)11-15;/h1-3,5-6,10-11,17,21H,4,7-9H2;1H. The molecular weight excluding hydrogens is 384 g/mol. The number of sulfone groups is 1. The molecule has 1 N–H and O–H groups in total. The van der Waals surface area contributed by atoms with Gasteiger partial charge in [0.2, 0.25) is 0 Å². The summed E-state index contributed by atoms with van der Waals surface area (Å²) in [7, 11) is -3.75. The van der Waals surface area contributed by atoms with Crippen molar-refractivity contribution >= 4 is 33.8 Å². The van der Waals surface area contributed by atoms with E-state index in [0.717, 1.165) is 30.0 Å². The van der Waals surface area contributed by atoms with Crippen molar-refractivity contribution in [2.75, 3.05) is 6.54 Å². The van der Waals surface area contributed by atoms with Crippen molar-refractivity contribution in [1.82, 2.24) is 5.32 Å². The number of aryl methyl sites for hydroxylation is 1. The minimum atomic E-state index is -3.75. The molecule has 4 rings (SSSR count). The highest BCUT2D eigenvalue weighted by Crippen LogP contribution is 2.49. The SMILES string of the molecule is Cl.O=S(=O)(c1cccc(F)c1)C12CCNC1CCc1cc(Cl)ccc12. The summed E-state index contributed by atoms with van der Waals surface area (Å²) in [5.74, 6) is -0.540. The summed E-state index contributed by atoms with van der Waals surface area (Å²) in [6.45, 7) is 0.626. The van der Waals surface area contributed by atoms with Gasteiger partial charge in [-0.3, -0.25) is 0 Å². The second-order valence-corrected chi connectivity index (χ2v) is 9.09. The lowest BCUT2D eigenvalue weighted by Crippen LogP contribution is -2.49. The van der Waals surface area contributed by atoms with E-state index in [1.54, 1.807) is 6.07 Å². The van der Waals surface area contributed by atoms with E-state index >= 15 is 0 Å². The summed E-state index contributed by atoms with van der Waals surface area (Å²) in [5, 5.41) is 3.95. The number of nitrogens with one attached hydrogen (secondary N) is 1. The first-order valence-corrected chi connectivity index (χ1v) is 9.84. The van der Waals surface area contributed by atoms with E-state index in [0.29, 0.717) is 18.0 Å². The van der Waals surface area contributed by atoms with Crippen LogP contribution in [0.15, 0.2) is 47.4 Å². The summed E-state index contributed by atoms with van der Waals surface area (Å²) in [6, 6.07) is 10.6. The van der Waals surface area contributed by atoms with Gasteiger partial charge in [0.25, 0.3) is 0 Å². The second kappa shape index (κ2) is 6.54. The average molecular weight is 402 g/mol. The summed E-state index contributed by atoms with van der Waals surface area (Å²) >= 11 is 6.10. The minimum Gasteiger partial charge on any atom is -0.312 e. The molecule has 1 fully saturated rings. The zero-order chi connectivity index (χ0) is 16.9. The molecule has 0 radical (unpaired) electrons. The summed E-state index contributed by atoms with van der Waals surface area (Å²) in [5.41, 5.74) is 1.78. The van der Waals surface area contributed by atoms with Gasteiger partial charge in [-0.25, -0.2) is 12.8 Å². The highest BCUT2D eigenvalue weighted by atomic mass is 35.5. The molecule has 2 atom stereocenters. The highest BCUT2D eigenvalue weighted by molar-refractivity contribution is 7.92. The Morgan fingerprint density at radius 1 is 1.20 bits per heavy atom. The Morgan fingerprint density at radius 2 is 2.00 bits per heavy atom. The Bertz CT molecular complexity index is 919. The molecule has 2 aliphatic rings. The highest BCUT2D eigenvalue weighted by Gasteiger charge is 2.57. The molecule has 1 heterocycles. The molecule has 1 saturated heterocycles. The van der Waals surface area contributed by atoms with Gasteiger partial charge in [-0.1, -0.05) is 23.7 Å². The maximum atomic E-state index is 13.7. The van der Waals surface area contributed by atoms with Gasteiger partial charge in [-0.2, -0.15) is 0 Å². The number of hydrogen-bond donors (Lipinski definition) is 1. The molecule has 134 valence electrons. The van der Waals surface area contributed by atoms with Gasteiger partial charge < -0.3 is 5.32 Å². The van der Waals surface area contributed by atoms with E-state index < -0.39 is 20.4 Å². The lowest BCUT2D eigenvalue weighted by molar-refractivity contribution is 0.415. The molecule has 1 aliphatic carbocycles. The van der Waals surface area contributed by atoms with Gasteiger partial charge >= 0.3 is 0 Å². The van der Waals surface area contributed by atoms with Crippen molar-refractivity contribution in [3.63, 3.8) is 0 Å². The maximum Gasteiger partial charge on any atom is 0.189 e. The van der Waals surface area contributed by atoms with Crippen LogP contribution in [0.3, 0.4) is 0 Å². The molecule has 25 heavy (non-hydrogen) atoms. The van der Waals surface area contributed by atoms with Gasteiger partial charge in [0.1, 0.15) is 10.6 Å². The molecule has 1 aliphatic heterocycles. The van der Waals surface area contributed by atoms with Crippen LogP contribution in [0, 0.1) is 5.82 Å². The summed E-state index contributed by atoms with van der Waals surface area (Å²) in [6.07, 6.45) is 1.99. The lowest BCUT2D eigenvalue weighted by Gasteiger charge is -2.40. The fraction of sp³-hybridized carbons (Fsp3) is 0.333. The van der Waals surface area contributed by atoms with E-state index in [2.05, 4.69) is 5.32 Å². The Balaban J connectivity index is 0.00000182. The van der Waals surface area contributed by atoms with Crippen molar-refractivity contribution in [2.24, 2.45) is 0 Å². The minimum absolute atomic E-state index is 0. The lowest BCUT2D eigenvalue weighted by atomic mass is 9.79. The molecule has 0 amide bonds. The van der Waals surface area contributed by atoms with Crippen molar-refractivity contribution < 1.29 is 12.8 Å². The molecule has 0 spiro atoms. The Hall–Kier alpha value is -1.14. The molecule has 0 aromatic heterocycles. The zero-order valence-corrected chi connectivity index (χ0v) is 15.7. The van der Waals surface area contributed by atoms with Gasteiger partial charge in [0.05, 0.1) is 4.90 Å². The number of benzene rings is 2. The first-order chi connectivity index (χ1) is 11.4. The Labute approximate surface area is 157 Å². The van der Waals surface area contributed by atoms with E-state index in [9.17, 15) is 12.8 Å². The van der Waals surface area contributed by atoms with E-state index in [-0.39, 0.29) is 23.3 Å². The van der Waals surface area contributed by atoms with Crippen LogP contribution in [-0.2, 0) is 21.0 Å². The fourth-order valence-corrected chi connectivity index (χ4v) is 6.80. The quantitative estimate of drug-likeness (QED) is 0.830. The predicted octanol–water partition coefficient (Wildman–Crippen LogP) is 3.88. The molecular formula is C18H18Cl2FNO2S. The molecule has 2 unspecified atom stereocenters. The van der Waals surface area contributed by atoms with Crippen LogP contribution in [0.1, 0.15) is 24.0 Å². The van der Waals surface area contributed by atoms with Crippen LogP contribution in [0.2, 0.25) is 5.02 Å². The van der Waals surface area contributed by atoms with Crippen LogP contribution in [0.4, 0.5) is 4.39 Å². The average Bonchev–Trinajstić information content (AvgIpc) is 3.00. The van der Waals surface area contributed by atoms with E-state index in [1.165, 1.54) is 18.2 Å². The van der Waals surface area contributed by atoms with Crippen LogP contribution in [-0.4, -0.2) is 21.0 Å². The van der Waals surface area contributed by atoms with Crippen molar-refractivity contribution in [2.45, 2.75) is 34.9 Å². The normalized spacial score (nSPS) is 25.0. The van der Waals surface area contributed by atoms with Crippen molar-refractivity contribution in [3.05, 3.63) is 64.4 Å². The number of halogens is 3. The molecule has 0 bridgehead atoms. The Morgan fingerprint density at radius 3 is 2.76 bits per heavy atom. The van der Waals surface area contributed by atoms with Crippen LogP contribution in [0.5, 0.6) is 0 Å². The smallest absolute Gasteiger partial charge is 0.189 e. The third-order valence-corrected chi connectivity index (χ3v) is 8.04. The molecule has 2 aromatic carbocycles. The van der Waals surface area contributed by atoms with Gasteiger partial charge in [0, 0.05) is 11.1 Å². The predicted molar refractivity (Wildman–Crippen MR) is 98.7 cm³/mol. The summed E-state index contributed by atoms with van der Waals surface area (Å²) in [4.78, 5) is 0.0407. The topological polar surface area (TPSA) is 46.2 Å². The van der Waals surface area contributed by atoms with Crippen LogP contribution < -0.4 is 5.32 Å². The molecule has 2 aromatic rings. The molecule has 7 heteroatoms. The fourth-order valence-electron chi connectivity index (χ4n) is 4.22. The largest absolute Gasteiger partial charge is 0.312 e. The number of hydrogen-bond acceptors (Lipinski definition) is 3. The van der Waals surface area contributed by atoms with Crippen LogP contribution >= 0.6 is 24.0 Å². The molecule has 0 saturated carbocycles. The summed E-state index contributed by atoms with van der Waals surface area (Å²) < 4.78 is 39.7. The number of fused-ring (bicyclic) bond motifs is 3. The number of rotatable bonds is 2. The molecule has 3 nitrogen and oxygen atoms in total. The third-order valence-electron chi connectivity index (χ3n) is 5.26. The Kier molecular flexibility index (Phi) is 4.88. The van der Waals surface area contributed by atoms with Crippen molar-refractivity contribution in [1.29, 1.82) is 0 Å². The van der Waals surface area contributed by atoms with Gasteiger partial charge in [-0.05, 0) is 67.3 Å². The first-order valence-electron chi connectivity index (χ1n) is 7.98. The third kappa shape index (κ3) is 2.69. The van der Waals surface area contributed by atoms with Crippen LogP contribution in [0.25, 0.3) is 0 Å². The van der Waals surface area contributed by atoms with Gasteiger partial charge in [0.15, 0.2) is 9.84 Å². The van der Waals surface area contributed by atoms with Crippen molar-refractivity contribution in [3.8, 4) is 0 Å². The zero-order valence-electron chi connectivity index (χ0n) is 13.3. The maximum absolute atomic E-state index is 13.7. The monoisotopic (exact) mass is 401 g/mol. The van der Waals surface area contributed by atoms with Gasteiger partial charge in [-0.15, -0.1) is 12.4 Å². The second-order valence-electron chi connectivity index (χ2n) is 6.45.